The molecular formula is C56H94Bi2N4O2P4Si4. The van der Waals surface area contributed by atoms with Crippen molar-refractivity contribution in [1.29, 1.82) is 0 Å². The van der Waals surface area contributed by atoms with Crippen LogP contribution >= 0.6 is 27.8 Å². The maximum absolute atomic E-state index is 7.31. The van der Waals surface area contributed by atoms with Gasteiger partial charge in [-0.3, -0.25) is 0 Å². The van der Waals surface area contributed by atoms with Gasteiger partial charge in [-0.25, -0.2) is 0 Å². The van der Waals surface area contributed by atoms with E-state index in [0.29, 0.717) is 47.3 Å². The summed E-state index contributed by atoms with van der Waals surface area (Å²) in [7, 11) is -5.23. The molecule has 0 bridgehead atoms. The van der Waals surface area contributed by atoms with Crippen molar-refractivity contribution < 1.29 is 8.23 Å². The van der Waals surface area contributed by atoms with Crippen LogP contribution in [-0.4, -0.2) is 81.5 Å². The molecule has 2 aromatic heterocycles. The third-order valence-corrected chi connectivity index (χ3v) is 87.8. The smallest absolute Gasteiger partial charge is 0.0256 e. The van der Waals surface area contributed by atoms with Crippen molar-refractivity contribution >= 4 is 132 Å². The molecule has 2 aliphatic heterocycles. The van der Waals surface area contributed by atoms with E-state index in [-0.39, 0.29) is 0 Å². The number of benzene rings is 4. The van der Waals surface area contributed by atoms with Gasteiger partial charge < -0.3 is 0 Å². The Morgan fingerprint density at radius 1 is 0.319 bits per heavy atom. The SMILES string of the molecule is CC(C)c1cccc(C(C)C)c1[N]1[Bi][N](c2c(C(C)C)cccc2C(C)C)[Si](C)(C)O[Si]1(C)C.CC(C)c1cccc(C(C)C)c1[N]1[Bi][N](c2c(C(C)C)cccc2C(C)C)[Si](C)(C)O[Si]1(C)C.[pH]1p2[pH]p12. The van der Waals surface area contributed by atoms with E-state index in [1.165, 1.54) is 67.3 Å². The Morgan fingerprint density at radius 3 is 0.569 bits per heavy atom. The van der Waals surface area contributed by atoms with Crippen molar-refractivity contribution in [2.24, 2.45) is 0 Å². The third-order valence-electron chi connectivity index (χ3n) is 14.1. The molecule has 0 N–H and O–H groups in total. The molecule has 0 amide bonds. The van der Waals surface area contributed by atoms with Gasteiger partial charge in [-0.2, -0.15) is 0 Å². The van der Waals surface area contributed by atoms with Crippen molar-refractivity contribution in [3.63, 3.8) is 0 Å². The van der Waals surface area contributed by atoms with Crippen LogP contribution in [0, 0.1) is 0 Å². The number of anilines is 4. The van der Waals surface area contributed by atoms with Crippen LogP contribution in [0.5, 0.6) is 0 Å². The van der Waals surface area contributed by atoms with Gasteiger partial charge in [-0.1, -0.05) is 15.1 Å². The molecule has 396 valence electrons. The van der Waals surface area contributed by atoms with Crippen molar-refractivity contribution in [3.05, 3.63) is 117 Å². The van der Waals surface area contributed by atoms with E-state index in [1.54, 1.807) is 15.1 Å². The van der Waals surface area contributed by atoms with E-state index in [9.17, 15) is 0 Å². The van der Waals surface area contributed by atoms with E-state index < -0.39 is 81.5 Å². The summed E-state index contributed by atoms with van der Waals surface area (Å²) in [6.45, 7) is 57.1. The first-order chi connectivity index (χ1) is 33.3. The van der Waals surface area contributed by atoms with Gasteiger partial charge in [0.05, 0.1) is 0 Å². The number of hydrogen-bond acceptors (Lipinski definition) is 6. The Balaban J connectivity index is 0.000000217. The number of rotatable bonds is 12. The van der Waals surface area contributed by atoms with Gasteiger partial charge >= 0.3 is 450 Å². The molecule has 0 spiro atoms. The maximum atomic E-state index is 7.31. The van der Waals surface area contributed by atoms with Crippen molar-refractivity contribution in [1.82, 2.24) is 0 Å². The Hall–Kier alpha value is -0.166. The molecule has 8 rings (SSSR count). The zero-order valence-electron chi connectivity index (χ0n) is 48.9. The predicted octanol–water partition coefficient (Wildman–Crippen LogP) is 19.8. The second-order valence-electron chi connectivity index (χ2n) is 24.6. The minimum Gasteiger partial charge on any atom is -0.0734 e. The standard InChI is InChI=1S/2C28H46N2OSi2.2Bi.H2P4/c2*1-19(2)23-15-13-16-24(20(3)4)27(23)29-32(9,10)31-33(11,12)30-28-25(21(5)6)17-14-18-26(28)22(7)8;;;1-3-2-4(1)3/h2*13-22H,1-12H3;;;1-2H/q2*-2;2*+2;. The Bertz CT molecular complexity index is 2260. The maximum Gasteiger partial charge on any atom is -0.0256 e. The normalized spacial score (nSPS) is 18.4. The van der Waals surface area contributed by atoms with Crippen LogP contribution in [-0.2, 0) is 8.23 Å². The van der Waals surface area contributed by atoms with Crippen LogP contribution in [0.1, 0.15) is 203 Å². The van der Waals surface area contributed by atoms with E-state index in [1.807, 2.05) is 0 Å². The molecule has 0 atom stereocenters. The minimum atomic E-state index is -2.08. The fraction of sp³-hybridized carbons (Fsp3) is 0.571. The van der Waals surface area contributed by atoms with Gasteiger partial charge in [0.1, 0.15) is 0 Å². The number of nitrogens with zero attached hydrogens (tertiary/aromatic N) is 4. The average molecular weight is 1510 g/mol. The topological polar surface area (TPSA) is 31.4 Å². The largest absolute Gasteiger partial charge is 0.0734 e. The van der Waals surface area contributed by atoms with Crippen LogP contribution in [0.3, 0.4) is 0 Å². The molecule has 4 heterocycles. The van der Waals surface area contributed by atoms with Gasteiger partial charge in [-0.05, 0) is 12.7 Å². The fourth-order valence-electron chi connectivity index (χ4n) is 10.4. The summed E-state index contributed by atoms with van der Waals surface area (Å²) in [6, 6.07) is 28.0. The summed E-state index contributed by atoms with van der Waals surface area (Å²) in [6.07, 6.45) is 1.83. The summed E-state index contributed by atoms with van der Waals surface area (Å²) in [5.41, 5.74) is 17.9. The third kappa shape index (κ3) is 13.6. The summed E-state index contributed by atoms with van der Waals surface area (Å²) in [5, 5.41) is 0. The van der Waals surface area contributed by atoms with Crippen molar-refractivity contribution in [3.8, 4) is 0 Å². The van der Waals surface area contributed by atoms with Gasteiger partial charge in [0, 0.05) is 0 Å². The van der Waals surface area contributed by atoms with Crippen LogP contribution in [0.4, 0.5) is 22.7 Å². The van der Waals surface area contributed by atoms with E-state index in [2.05, 4.69) is 246 Å². The zero-order chi connectivity index (χ0) is 53.7. The monoisotopic (exact) mass is 1510 g/mol. The molecule has 0 saturated carbocycles. The number of para-hydroxylation sites is 4. The van der Waals surface area contributed by atoms with Crippen LogP contribution < -0.4 is 10.0 Å². The van der Waals surface area contributed by atoms with E-state index in [0.717, 1.165) is 12.7 Å². The molecule has 2 radical (unpaired) electrons. The van der Waals surface area contributed by atoms with Crippen LogP contribution in [0.15, 0.2) is 72.8 Å². The summed E-state index contributed by atoms with van der Waals surface area (Å²) >= 11 is -2.67. The summed E-state index contributed by atoms with van der Waals surface area (Å²) < 4.78 is 26.1. The summed E-state index contributed by atoms with van der Waals surface area (Å²) in [4.78, 5) is 0. The van der Waals surface area contributed by atoms with Crippen LogP contribution in [0.25, 0.3) is 0 Å². The molecule has 0 unspecified atom stereocenters. The predicted molar refractivity (Wildman–Crippen MR) is 342 cm³/mol. The summed E-state index contributed by atoms with van der Waals surface area (Å²) in [5.74, 6) is 3.96. The first-order valence-electron chi connectivity index (χ1n) is 27.0. The van der Waals surface area contributed by atoms with Gasteiger partial charge in [-0.15, -0.1) is 0 Å². The van der Waals surface area contributed by atoms with E-state index >= 15 is 0 Å². The second-order valence-corrected chi connectivity index (χ2v) is 74.8. The van der Waals surface area contributed by atoms with Crippen LogP contribution in [0.2, 0.25) is 52.4 Å². The Labute approximate surface area is 473 Å². The molecule has 2 saturated heterocycles. The molecule has 0 aliphatic carbocycles. The van der Waals surface area contributed by atoms with Crippen molar-refractivity contribution in [2.45, 2.75) is 210 Å². The zero-order valence-corrected chi connectivity index (χ0v) is 63.7. The molecule has 16 heteroatoms. The molecule has 4 aromatic carbocycles. The second kappa shape index (κ2) is 24.1. The minimum absolute atomic E-state index is 0.495. The number of hydrogen-bond donors (Lipinski definition) is 0. The van der Waals surface area contributed by atoms with Gasteiger partial charge in [0.2, 0.25) is 0 Å². The fourth-order valence-corrected chi connectivity index (χ4v) is 78.1. The average Bonchev–Trinajstić information content (AvgIpc) is 4.19. The van der Waals surface area contributed by atoms with Gasteiger partial charge in [0.15, 0.2) is 0 Å². The quantitative estimate of drug-likeness (QED) is 0.114. The van der Waals surface area contributed by atoms with Crippen molar-refractivity contribution in [2.75, 3.05) is 10.0 Å². The van der Waals surface area contributed by atoms with E-state index in [4.69, 9.17) is 8.23 Å². The molecule has 2 aliphatic rings. The molecular weight excluding hydrogens is 1410 g/mol. The Morgan fingerprint density at radius 2 is 0.458 bits per heavy atom. The molecule has 72 heavy (non-hydrogen) atoms. The molecule has 6 nitrogen and oxygen atoms in total. The first-order valence-corrected chi connectivity index (χ1v) is 53.4. The molecule has 2 fully saturated rings. The Kier molecular flexibility index (Phi) is 20.4. The molecule has 6 aromatic rings. The first kappa shape index (κ1) is 61.1. The van der Waals surface area contributed by atoms with Gasteiger partial charge in [0.25, 0.3) is 0 Å². The number of fused-ring (bicyclic) bond motifs is 1.